The zero-order valence-electron chi connectivity index (χ0n) is 10.2. The number of rotatable bonds is 3. The van der Waals surface area contributed by atoms with Crippen molar-refractivity contribution in [2.24, 2.45) is 5.92 Å². The van der Waals surface area contributed by atoms with E-state index in [0.717, 1.165) is 20.8 Å². The molecule has 0 aromatic carbocycles. The molecule has 4 atom stereocenters. The Kier molecular flexibility index (Phi) is 3.26. The molecule has 2 N–H and O–H groups in total. The van der Waals surface area contributed by atoms with Crippen molar-refractivity contribution >= 4 is 17.3 Å². The van der Waals surface area contributed by atoms with E-state index in [2.05, 4.69) is 0 Å². The predicted molar refractivity (Wildman–Crippen MR) is 56.0 cm³/mol. The Morgan fingerprint density at radius 1 is 1.06 bits per heavy atom. The van der Waals surface area contributed by atoms with Gasteiger partial charge < -0.3 is 14.9 Å². The smallest absolute Gasteiger partial charge is 0.239 e. The van der Waals surface area contributed by atoms with Gasteiger partial charge in [-0.05, 0) is 20.8 Å². The number of carbonyl (C=O) groups excluding carboxylic acids is 3. The molecule has 1 fully saturated rings. The Morgan fingerprint density at radius 3 is 1.82 bits per heavy atom. The second kappa shape index (κ2) is 3.97. The topological polar surface area (TPSA) is 101 Å². The molecule has 0 radical (unpaired) electrons. The third-order valence-electron chi connectivity index (χ3n) is 3.28. The summed E-state index contributed by atoms with van der Waals surface area (Å²) in [6.45, 7) is 4.54. The van der Waals surface area contributed by atoms with Crippen molar-refractivity contribution in [1.29, 1.82) is 0 Å². The average molecular weight is 244 g/mol. The fourth-order valence-electron chi connectivity index (χ4n) is 2.32. The Morgan fingerprint density at radius 2 is 1.53 bits per heavy atom. The van der Waals surface area contributed by atoms with Crippen LogP contribution in [0.25, 0.3) is 0 Å². The minimum absolute atomic E-state index is 0.676. The summed E-state index contributed by atoms with van der Waals surface area (Å²) in [6, 6.07) is 0. The number of aliphatic hydroxyl groups is 2. The molecule has 6 nitrogen and oxygen atoms in total. The summed E-state index contributed by atoms with van der Waals surface area (Å²) >= 11 is 0. The van der Waals surface area contributed by atoms with Crippen LogP contribution in [-0.2, 0) is 19.1 Å². The molecular formula is C11H16O6. The van der Waals surface area contributed by atoms with Crippen molar-refractivity contribution in [2.75, 3.05) is 0 Å². The number of ketones is 3. The lowest BCUT2D eigenvalue weighted by Crippen LogP contribution is -2.56. The fourth-order valence-corrected chi connectivity index (χ4v) is 2.32. The van der Waals surface area contributed by atoms with Gasteiger partial charge in [0.15, 0.2) is 17.2 Å². The van der Waals surface area contributed by atoms with Crippen molar-refractivity contribution in [3.05, 3.63) is 0 Å². The molecule has 0 spiro atoms. The maximum atomic E-state index is 11.5. The third-order valence-corrected chi connectivity index (χ3v) is 3.28. The fraction of sp³-hybridized carbons (Fsp3) is 0.727. The standard InChI is InChI=1S/C11H16O6/c1-5(12)9-10(15,6(2)13)8(4)17-11(9,16)7(3)14/h8-9,15-16H,1-4H3/t8-,9?,10-,11+/m1/s1. The van der Waals surface area contributed by atoms with E-state index in [1.54, 1.807) is 0 Å². The summed E-state index contributed by atoms with van der Waals surface area (Å²) in [5.74, 6) is -6.25. The number of carbonyl (C=O) groups is 3. The molecular weight excluding hydrogens is 228 g/mol. The molecule has 0 aliphatic carbocycles. The van der Waals surface area contributed by atoms with Crippen molar-refractivity contribution in [1.82, 2.24) is 0 Å². The lowest BCUT2D eigenvalue weighted by molar-refractivity contribution is -0.207. The van der Waals surface area contributed by atoms with Gasteiger partial charge in [0, 0.05) is 6.92 Å². The van der Waals surface area contributed by atoms with Crippen molar-refractivity contribution < 1.29 is 29.3 Å². The van der Waals surface area contributed by atoms with E-state index in [1.165, 1.54) is 6.92 Å². The van der Waals surface area contributed by atoms with Crippen molar-refractivity contribution in [3.63, 3.8) is 0 Å². The average Bonchev–Trinajstić information content (AvgIpc) is 2.36. The third kappa shape index (κ3) is 1.72. The summed E-state index contributed by atoms with van der Waals surface area (Å²) < 4.78 is 4.98. The first kappa shape index (κ1) is 14.0. The maximum absolute atomic E-state index is 11.5. The van der Waals surface area contributed by atoms with E-state index in [9.17, 15) is 24.6 Å². The monoisotopic (exact) mass is 244 g/mol. The molecule has 1 aliphatic rings. The van der Waals surface area contributed by atoms with Crippen LogP contribution in [-0.4, -0.2) is 45.1 Å². The van der Waals surface area contributed by atoms with E-state index < -0.39 is 40.8 Å². The van der Waals surface area contributed by atoms with Crippen LogP contribution in [0.1, 0.15) is 27.7 Å². The Balaban J connectivity index is 3.41. The van der Waals surface area contributed by atoms with Crippen LogP contribution in [0.3, 0.4) is 0 Å². The molecule has 1 unspecified atom stereocenters. The van der Waals surface area contributed by atoms with Gasteiger partial charge in [0.2, 0.25) is 5.79 Å². The van der Waals surface area contributed by atoms with Crippen molar-refractivity contribution in [3.8, 4) is 0 Å². The van der Waals surface area contributed by atoms with Crippen LogP contribution in [0.15, 0.2) is 0 Å². The van der Waals surface area contributed by atoms with E-state index in [0.29, 0.717) is 0 Å². The predicted octanol–water partition coefficient (Wildman–Crippen LogP) is -0.792. The van der Waals surface area contributed by atoms with E-state index in [-0.39, 0.29) is 0 Å². The molecule has 0 aromatic rings. The molecule has 0 saturated carbocycles. The first-order valence-corrected chi connectivity index (χ1v) is 5.23. The zero-order chi connectivity index (χ0) is 13.6. The molecule has 1 saturated heterocycles. The number of Topliss-reactive ketones (excluding diaryl/α,β-unsaturated/α-hetero) is 3. The van der Waals surface area contributed by atoms with E-state index in [1.807, 2.05) is 0 Å². The highest BCUT2D eigenvalue weighted by Crippen LogP contribution is 2.43. The second-order valence-electron chi connectivity index (χ2n) is 4.44. The summed E-state index contributed by atoms with van der Waals surface area (Å²) in [4.78, 5) is 34.4. The van der Waals surface area contributed by atoms with Crippen LogP contribution < -0.4 is 0 Å². The number of ether oxygens (including phenoxy) is 1. The van der Waals surface area contributed by atoms with Gasteiger partial charge in [-0.1, -0.05) is 0 Å². The summed E-state index contributed by atoms with van der Waals surface area (Å²) in [5.41, 5.74) is -2.17. The minimum Gasteiger partial charge on any atom is -0.378 e. The highest BCUT2D eigenvalue weighted by atomic mass is 16.7. The molecule has 0 aromatic heterocycles. The number of hydrogen-bond donors (Lipinski definition) is 2. The molecule has 1 aliphatic heterocycles. The van der Waals surface area contributed by atoms with Gasteiger partial charge in [-0.3, -0.25) is 14.4 Å². The Labute approximate surface area is 98.6 Å². The molecule has 17 heavy (non-hydrogen) atoms. The van der Waals surface area contributed by atoms with Crippen LogP contribution >= 0.6 is 0 Å². The summed E-state index contributed by atoms with van der Waals surface area (Å²) in [7, 11) is 0. The molecule has 96 valence electrons. The molecule has 1 rings (SSSR count). The lowest BCUT2D eigenvalue weighted by Gasteiger charge is -2.30. The first-order chi connectivity index (χ1) is 7.58. The van der Waals surface area contributed by atoms with Gasteiger partial charge in [0.1, 0.15) is 11.7 Å². The SMILES string of the molecule is CC(=O)C1[C@](O)(C(C)=O)O[C@H](C)[C@]1(O)C(C)=O. The Bertz CT molecular complexity index is 389. The summed E-state index contributed by atoms with van der Waals surface area (Å²) in [5, 5.41) is 20.3. The van der Waals surface area contributed by atoms with Gasteiger partial charge in [-0.15, -0.1) is 0 Å². The molecule has 6 heteroatoms. The highest BCUT2D eigenvalue weighted by Gasteiger charge is 2.67. The highest BCUT2D eigenvalue weighted by molar-refractivity contribution is 5.99. The largest absolute Gasteiger partial charge is 0.378 e. The Hall–Kier alpha value is -1.11. The van der Waals surface area contributed by atoms with Gasteiger partial charge in [0.25, 0.3) is 0 Å². The lowest BCUT2D eigenvalue weighted by atomic mass is 9.75. The molecule has 1 heterocycles. The maximum Gasteiger partial charge on any atom is 0.239 e. The van der Waals surface area contributed by atoms with E-state index >= 15 is 0 Å². The van der Waals surface area contributed by atoms with Crippen LogP contribution in [0, 0.1) is 5.92 Å². The zero-order valence-corrected chi connectivity index (χ0v) is 10.2. The van der Waals surface area contributed by atoms with Crippen LogP contribution in [0.2, 0.25) is 0 Å². The number of hydrogen-bond acceptors (Lipinski definition) is 6. The van der Waals surface area contributed by atoms with Gasteiger partial charge in [-0.2, -0.15) is 0 Å². The van der Waals surface area contributed by atoms with Gasteiger partial charge >= 0.3 is 0 Å². The quantitative estimate of drug-likeness (QED) is 0.674. The second-order valence-corrected chi connectivity index (χ2v) is 4.44. The molecule has 0 amide bonds. The first-order valence-electron chi connectivity index (χ1n) is 5.23. The minimum atomic E-state index is -2.44. The van der Waals surface area contributed by atoms with E-state index in [4.69, 9.17) is 4.74 Å². The summed E-state index contributed by atoms with van der Waals surface area (Å²) in [6.07, 6.45) is -1.14. The van der Waals surface area contributed by atoms with Crippen LogP contribution in [0.5, 0.6) is 0 Å². The normalized spacial score (nSPS) is 41.3. The molecule has 0 bridgehead atoms. The van der Waals surface area contributed by atoms with Gasteiger partial charge in [0.05, 0.1) is 6.10 Å². The van der Waals surface area contributed by atoms with Gasteiger partial charge in [-0.25, -0.2) is 0 Å². The van der Waals surface area contributed by atoms with Crippen molar-refractivity contribution in [2.45, 2.75) is 45.2 Å². The van der Waals surface area contributed by atoms with Crippen LogP contribution in [0.4, 0.5) is 0 Å².